The second kappa shape index (κ2) is 5.36. The summed E-state index contributed by atoms with van der Waals surface area (Å²) in [5.41, 5.74) is -0.491. The highest BCUT2D eigenvalue weighted by Crippen LogP contribution is 2.22. The molecule has 1 aromatic rings. The van der Waals surface area contributed by atoms with Crippen LogP contribution >= 0.6 is 0 Å². The fourth-order valence-corrected chi connectivity index (χ4v) is 2.23. The van der Waals surface area contributed by atoms with Crippen LogP contribution in [-0.4, -0.2) is 42.0 Å². The first-order chi connectivity index (χ1) is 8.99. The van der Waals surface area contributed by atoms with Gasteiger partial charge in [0, 0.05) is 6.54 Å². The fourth-order valence-electron chi connectivity index (χ4n) is 2.23. The molecule has 0 radical (unpaired) electrons. The Bertz CT molecular complexity index is 519. The van der Waals surface area contributed by atoms with E-state index in [0.29, 0.717) is 6.54 Å². The molecule has 0 aliphatic carbocycles. The zero-order valence-corrected chi connectivity index (χ0v) is 10.5. The number of carbonyl (C=O) groups is 2. The molecule has 0 bridgehead atoms. The van der Waals surface area contributed by atoms with E-state index in [9.17, 15) is 14.0 Å². The van der Waals surface area contributed by atoms with Gasteiger partial charge in [-0.15, -0.1) is 0 Å². The number of hydrogen-bond acceptors (Lipinski definition) is 3. The molecular formula is C13H15FN2O3. The summed E-state index contributed by atoms with van der Waals surface area (Å²) < 4.78 is 13.5. The van der Waals surface area contributed by atoms with Crippen molar-refractivity contribution in [3.63, 3.8) is 0 Å². The molecule has 1 amide bonds. The maximum atomic E-state index is 13.5. The Balaban J connectivity index is 2.17. The first-order valence-electron chi connectivity index (χ1n) is 6.00. The molecule has 2 rings (SSSR count). The minimum atomic E-state index is -1.39. The van der Waals surface area contributed by atoms with Gasteiger partial charge >= 0.3 is 5.97 Å². The van der Waals surface area contributed by atoms with Gasteiger partial charge in [0.05, 0.1) is 11.6 Å². The maximum Gasteiger partial charge on any atom is 0.340 e. The van der Waals surface area contributed by atoms with Gasteiger partial charge in [0.15, 0.2) is 0 Å². The van der Waals surface area contributed by atoms with Gasteiger partial charge in [0.1, 0.15) is 11.4 Å². The van der Waals surface area contributed by atoms with E-state index in [1.54, 1.807) is 0 Å². The smallest absolute Gasteiger partial charge is 0.340 e. The summed E-state index contributed by atoms with van der Waals surface area (Å²) in [6.45, 7) is 1.45. The van der Waals surface area contributed by atoms with Crippen LogP contribution in [0.5, 0.6) is 0 Å². The van der Waals surface area contributed by atoms with E-state index in [2.05, 4.69) is 5.32 Å². The minimum Gasteiger partial charge on any atom is -0.478 e. The number of carboxylic acids is 1. The average molecular weight is 266 g/mol. The lowest BCUT2D eigenvalue weighted by Crippen LogP contribution is -2.26. The zero-order valence-electron chi connectivity index (χ0n) is 10.5. The fraction of sp³-hybridized carbons (Fsp3) is 0.385. The Kier molecular flexibility index (Phi) is 3.80. The lowest BCUT2D eigenvalue weighted by atomic mass is 10.1. The third-order valence-electron chi connectivity index (χ3n) is 3.25. The summed E-state index contributed by atoms with van der Waals surface area (Å²) in [6.07, 6.45) is 0.722. The monoisotopic (exact) mass is 266 g/mol. The zero-order chi connectivity index (χ0) is 14.0. The summed E-state index contributed by atoms with van der Waals surface area (Å²) >= 11 is 0. The van der Waals surface area contributed by atoms with Crippen LogP contribution in [0, 0.1) is 11.7 Å². The Morgan fingerprint density at radius 2 is 2.21 bits per heavy atom. The number of rotatable bonds is 3. The van der Waals surface area contributed by atoms with Crippen LogP contribution in [0.25, 0.3) is 0 Å². The molecule has 5 nitrogen and oxygen atoms in total. The second-order valence-electron chi connectivity index (χ2n) is 4.70. The summed E-state index contributed by atoms with van der Waals surface area (Å²) in [5.74, 6) is -2.70. The number of anilines is 1. The molecule has 1 saturated heterocycles. The summed E-state index contributed by atoms with van der Waals surface area (Å²) in [6, 6.07) is 3.82. The number of halogens is 1. The Morgan fingerprint density at radius 3 is 2.79 bits per heavy atom. The maximum absolute atomic E-state index is 13.5. The molecule has 1 aromatic carbocycles. The first kappa shape index (κ1) is 13.5. The number of nitrogens with one attached hydrogen (secondary N) is 1. The Labute approximate surface area is 110 Å². The number of benzene rings is 1. The summed E-state index contributed by atoms with van der Waals surface area (Å²) in [5, 5.41) is 11.5. The van der Waals surface area contributed by atoms with Crippen molar-refractivity contribution in [1.29, 1.82) is 0 Å². The average Bonchev–Trinajstić information content (AvgIpc) is 2.75. The molecule has 6 heteroatoms. The van der Waals surface area contributed by atoms with Crippen molar-refractivity contribution in [2.24, 2.45) is 5.92 Å². The van der Waals surface area contributed by atoms with Gasteiger partial charge in [-0.1, -0.05) is 6.07 Å². The highest BCUT2D eigenvalue weighted by molar-refractivity contribution is 6.01. The van der Waals surface area contributed by atoms with E-state index in [4.69, 9.17) is 5.11 Å². The predicted octanol–water partition coefficient (Wildman–Crippen LogP) is 1.41. The molecule has 1 atom stereocenters. The van der Waals surface area contributed by atoms with Gasteiger partial charge in [0.25, 0.3) is 0 Å². The van der Waals surface area contributed by atoms with E-state index in [0.717, 1.165) is 19.0 Å². The molecule has 0 aromatic heterocycles. The van der Waals surface area contributed by atoms with Gasteiger partial charge in [-0.05, 0) is 32.1 Å². The molecule has 1 aliphatic heterocycles. The lowest BCUT2D eigenvalue weighted by molar-refractivity contribution is -0.119. The predicted molar refractivity (Wildman–Crippen MR) is 67.6 cm³/mol. The van der Waals surface area contributed by atoms with Crippen molar-refractivity contribution in [2.45, 2.75) is 6.42 Å². The van der Waals surface area contributed by atoms with Crippen molar-refractivity contribution in [3.05, 3.63) is 29.6 Å². The van der Waals surface area contributed by atoms with Crippen LogP contribution in [0.4, 0.5) is 10.1 Å². The van der Waals surface area contributed by atoms with Gasteiger partial charge in [-0.3, -0.25) is 4.79 Å². The normalized spacial score (nSPS) is 19.4. The first-order valence-corrected chi connectivity index (χ1v) is 6.00. The molecule has 19 heavy (non-hydrogen) atoms. The van der Waals surface area contributed by atoms with Crippen LogP contribution in [0.15, 0.2) is 18.2 Å². The largest absolute Gasteiger partial charge is 0.478 e. The minimum absolute atomic E-state index is 0.00653. The summed E-state index contributed by atoms with van der Waals surface area (Å²) in [4.78, 5) is 25.0. The van der Waals surface area contributed by atoms with E-state index >= 15 is 0 Å². The molecule has 1 fully saturated rings. The van der Waals surface area contributed by atoms with Crippen LogP contribution in [0.2, 0.25) is 0 Å². The lowest BCUT2D eigenvalue weighted by Gasteiger charge is -2.13. The Morgan fingerprint density at radius 1 is 1.47 bits per heavy atom. The van der Waals surface area contributed by atoms with Crippen molar-refractivity contribution < 1.29 is 19.1 Å². The number of carbonyl (C=O) groups excluding carboxylic acids is 1. The molecule has 1 heterocycles. The van der Waals surface area contributed by atoms with Crippen LogP contribution in [0.3, 0.4) is 0 Å². The Hall–Kier alpha value is -1.95. The number of carboxylic acid groups (broad SMARTS) is 1. The van der Waals surface area contributed by atoms with Crippen molar-refractivity contribution >= 4 is 17.6 Å². The molecule has 2 N–H and O–H groups in total. The van der Waals surface area contributed by atoms with Gasteiger partial charge < -0.3 is 15.3 Å². The molecule has 1 aliphatic rings. The van der Waals surface area contributed by atoms with Gasteiger partial charge in [-0.25, -0.2) is 9.18 Å². The highest BCUT2D eigenvalue weighted by Gasteiger charge is 2.27. The number of aromatic carboxylic acids is 1. The highest BCUT2D eigenvalue weighted by atomic mass is 19.1. The quantitative estimate of drug-likeness (QED) is 0.868. The number of amides is 1. The van der Waals surface area contributed by atoms with E-state index < -0.39 is 17.3 Å². The van der Waals surface area contributed by atoms with Crippen LogP contribution in [-0.2, 0) is 4.79 Å². The van der Waals surface area contributed by atoms with Gasteiger partial charge in [0.2, 0.25) is 5.91 Å². The number of hydrogen-bond donors (Lipinski definition) is 2. The third kappa shape index (κ3) is 2.90. The number of nitrogens with zero attached hydrogens (tertiary/aromatic N) is 1. The van der Waals surface area contributed by atoms with Crippen LogP contribution in [0.1, 0.15) is 16.8 Å². The molecule has 0 saturated carbocycles. The van der Waals surface area contributed by atoms with Crippen molar-refractivity contribution in [2.75, 3.05) is 25.5 Å². The SMILES string of the molecule is CN1CCC(C(=O)Nc2cccc(F)c2C(=O)O)C1. The molecule has 0 spiro atoms. The van der Waals surface area contributed by atoms with Crippen molar-refractivity contribution in [3.8, 4) is 0 Å². The molecule has 1 unspecified atom stereocenters. The number of likely N-dealkylation sites (tertiary alicyclic amines) is 1. The molecular weight excluding hydrogens is 251 g/mol. The van der Waals surface area contributed by atoms with Crippen molar-refractivity contribution in [1.82, 2.24) is 4.90 Å². The molecule has 102 valence electrons. The second-order valence-corrected chi connectivity index (χ2v) is 4.70. The van der Waals surface area contributed by atoms with E-state index in [-0.39, 0.29) is 17.5 Å². The van der Waals surface area contributed by atoms with E-state index in [1.807, 2.05) is 11.9 Å². The van der Waals surface area contributed by atoms with E-state index in [1.165, 1.54) is 12.1 Å². The summed E-state index contributed by atoms with van der Waals surface area (Å²) in [7, 11) is 1.91. The standard InChI is InChI=1S/C13H15FN2O3/c1-16-6-5-8(7-16)12(17)15-10-4-2-3-9(14)11(10)13(18)19/h2-4,8H,5-7H2,1H3,(H,15,17)(H,18,19). The third-order valence-corrected chi connectivity index (χ3v) is 3.25. The topological polar surface area (TPSA) is 69.6 Å². The van der Waals surface area contributed by atoms with Gasteiger partial charge in [-0.2, -0.15) is 0 Å². The van der Waals surface area contributed by atoms with Crippen LogP contribution < -0.4 is 5.32 Å².